The maximum Gasteiger partial charge on any atom is 0.254 e. The van der Waals surface area contributed by atoms with E-state index in [9.17, 15) is 9.59 Å². The summed E-state index contributed by atoms with van der Waals surface area (Å²) in [6.45, 7) is 9.26. The van der Waals surface area contributed by atoms with E-state index in [2.05, 4.69) is 35.7 Å². The summed E-state index contributed by atoms with van der Waals surface area (Å²) in [5.74, 6) is -0.0229. The SMILES string of the molecule is C=CC(=O)N[C@@H](CC)CCC.Cc1ncc(C(N)=O)c(N)n1. The molecule has 0 saturated heterocycles. The average Bonchev–Trinajstić information content (AvgIpc) is 2.46. The van der Waals surface area contributed by atoms with E-state index < -0.39 is 5.91 Å². The molecule has 5 N–H and O–H groups in total. The lowest BCUT2D eigenvalue weighted by molar-refractivity contribution is -0.117. The number of aromatic nitrogens is 2. The number of nitrogens with zero attached hydrogens (tertiary/aromatic N) is 2. The van der Waals surface area contributed by atoms with Crippen LogP contribution < -0.4 is 16.8 Å². The highest BCUT2D eigenvalue weighted by molar-refractivity contribution is 5.96. The molecule has 0 saturated carbocycles. The van der Waals surface area contributed by atoms with Crippen LogP contribution in [-0.2, 0) is 4.79 Å². The van der Waals surface area contributed by atoms with E-state index in [1.165, 1.54) is 12.3 Å². The first-order valence-electron chi connectivity index (χ1n) is 7.17. The molecule has 0 spiro atoms. The Bertz CT molecular complexity index is 517. The van der Waals surface area contributed by atoms with E-state index in [-0.39, 0.29) is 17.3 Å². The number of nitrogens with one attached hydrogen (secondary N) is 1. The molecule has 7 heteroatoms. The molecule has 0 fully saturated rings. The van der Waals surface area contributed by atoms with Crippen molar-refractivity contribution >= 4 is 17.6 Å². The van der Waals surface area contributed by atoms with Crippen LogP contribution in [0.4, 0.5) is 5.82 Å². The molecule has 2 amide bonds. The molecule has 0 unspecified atom stereocenters. The van der Waals surface area contributed by atoms with E-state index >= 15 is 0 Å². The Hall–Kier alpha value is -2.44. The summed E-state index contributed by atoms with van der Waals surface area (Å²) in [6.07, 6.45) is 5.79. The predicted molar refractivity (Wildman–Crippen MR) is 87.0 cm³/mol. The van der Waals surface area contributed by atoms with Crippen LogP contribution in [0.25, 0.3) is 0 Å². The second-order valence-corrected chi connectivity index (χ2v) is 4.69. The van der Waals surface area contributed by atoms with E-state index in [0.29, 0.717) is 11.9 Å². The van der Waals surface area contributed by atoms with Gasteiger partial charge in [-0.2, -0.15) is 0 Å². The van der Waals surface area contributed by atoms with Gasteiger partial charge in [0.05, 0.1) is 5.56 Å². The highest BCUT2D eigenvalue weighted by Gasteiger charge is 2.06. The fraction of sp³-hybridized carbons (Fsp3) is 0.467. The lowest BCUT2D eigenvalue weighted by Gasteiger charge is -2.13. The minimum absolute atomic E-state index is 0.0645. The molecule has 1 aromatic rings. The summed E-state index contributed by atoms with van der Waals surface area (Å²) in [4.78, 5) is 29.0. The summed E-state index contributed by atoms with van der Waals surface area (Å²) in [5, 5.41) is 2.86. The highest BCUT2D eigenvalue weighted by Crippen LogP contribution is 2.04. The largest absolute Gasteiger partial charge is 0.383 e. The smallest absolute Gasteiger partial charge is 0.254 e. The molecule has 0 aliphatic rings. The van der Waals surface area contributed by atoms with Gasteiger partial charge in [0.15, 0.2) is 0 Å². The van der Waals surface area contributed by atoms with Crippen LogP contribution in [0.15, 0.2) is 18.9 Å². The van der Waals surface area contributed by atoms with Crippen molar-refractivity contribution in [1.29, 1.82) is 0 Å². The van der Waals surface area contributed by atoms with Crippen LogP contribution in [0.2, 0.25) is 0 Å². The number of anilines is 1. The van der Waals surface area contributed by atoms with Crippen molar-refractivity contribution in [2.24, 2.45) is 5.73 Å². The number of amides is 2. The Kier molecular flexibility index (Phi) is 9.17. The molecule has 7 nitrogen and oxygen atoms in total. The minimum atomic E-state index is -0.609. The van der Waals surface area contributed by atoms with Gasteiger partial charge in [0.2, 0.25) is 5.91 Å². The Morgan fingerprint density at radius 1 is 1.45 bits per heavy atom. The Morgan fingerprint density at radius 2 is 2.09 bits per heavy atom. The summed E-state index contributed by atoms with van der Waals surface area (Å²) in [5.41, 5.74) is 10.5. The van der Waals surface area contributed by atoms with Crippen LogP contribution in [0, 0.1) is 6.92 Å². The highest BCUT2D eigenvalue weighted by atomic mass is 16.1. The second kappa shape index (κ2) is 10.3. The molecule has 122 valence electrons. The maximum absolute atomic E-state index is 10.8. The van der Waals surface area contributed by atoms with Gasteiger partial charge in [-0.15, -0.1) is 0 Å². The first-order valence-corrected chi connectivity index (χ1v) is 7.17. The number of hydrogen-bond acceptors (Lipinski definition) is 5. The fourth-order valence-corrected chi connectivity index (χ4v) is 1.66. The summed E-state index contributed by atoms with van der Waals surface area (Å²) < 4.78 is 0. The number of rotatable bonds is 6. The standard InChI is InChI=1S/C9H17NO.C6H8N4O/c1-4-7-8(5-2)10-9(11)6-3;1-3-9-2-4(6(8)11)5(7)10-3/h6,8H,3-5,7H2,1-2H3,(H,10,11);2H,1H3,(H2,8,11)(H2,7,9,10)/t8-;/m0./s1. The molecule has 22 heavy (non-hydrogen) atoms. The van der Waals surface area contributed by atoms with Crippen molar-refractivity contribution in [2.45, 2.75) is 46.1 Å². The summed E-state index contributed by atoms with van der Waals surface area (Å²) in [7, 11) is 0. The van der Waals surface area contributed by atoms with Crippen LogP contribution >= 0.6 is 0 Å². The molecular weight excluding hydrogens is 282 g/mol. The first-order chi connectivity index (χ1) is 10.3. The molecule has 0 radical (unpaired) electrons. The zero-order chi connectivity index (χ0) is 17.1. The van der Waals surface area contributed by atoms with Gasteiger partial charge in [0, 0.05) is 12.2 Å². The van der Waals surface area contributed by atoms with Gasteiger partial charge < -0.3 is 16.8 Å². The Morgan fingerprint density at radius 3 is 2.50 bits per heavy atom. The molecule has 1 atom stereocenters. The van der Waals surface area contributed by atoms with Gasteiger partial charge in [-0.05, 0) is 25.8 Å². The van der Waals surface area contributed by atoms with Crippen LogP contribution in [0.5, 0.6) is 0 Å². The van der Waals surface area contributed by atoms with Gasteiger partial charge in [0.25, 0.3) is 5.91 Å². The van der Waals surface area contributed by atoms with Crippen molar-refractivity contribution in [2.75, 3.05) is 5.73 Å². The van der Waals surface area contributed by atoms with Gasteiger partial charge >= 0.3 is 0 Å². The van der Waals surface area contributed by atoms with E-state index in [4.69, 9.17) is 11.5 Å². The number of nitrogen functional groups attached to an aromatic ring is 1. The van der Waals surface area contributed by atoms with Gasteiger partial charge in [-0.3, -0.25) is 9.59 Å². The molecule has 0 aliphatic carbocycles. The third-order valence-electron chi connectivity index (χ3n) is 2.87. The number of carbonyl (C=O) groups excluding carboxylic acids is 2. The zero-order valence-electron chi connectivity index (χ0n) is 13.4. The van der Waals surface area contributed by atoms with Crippen LogP contribution in [-0.4, -0.2) is 27.8 Å². The first kappa shape index (κ1) is 19.6. The summed E-state index contributed by atoms with van der Waals surface area (Å²) in [6, 6.07) is 0.325. The topological polar surface area (TPSA) is 124 Å². The van der Waals surface area contributed by atoms with E-state index in [1.807, 2.05) is 0 Å². The second-order valence-electron chi connectivity index (χ2n) is 4.69. The number of aryl methyl sites for hydroxylation is 1. The van der Waals surface area contributed by atoms with Crippen molar-refractivity contribution in [3.8, 4) is 0 Å². The quantitative estimate of drug-likeness (QED) is 0.684. The fourth-order valence-electron chi connectivity index (χ4n) is 1.66. The van der Waals surface area contributed by atoms with Gasteiger partial charge in [0.1, 0.15) is 11.6 Å². The molecule has 0 aromatic carbocycles. The number of primary amides is 1. The molecular formula is C15H25N5O2. The lowest BCUT2D eigenvalue weighted by atomic mass is 10.1. The van der Waals surface area contributed by atoms with E-state index in [0.717, 1.165) is 19.3 Å². The van der Waals surface area contributed by atoms with Crippen molar-refractivity contribution < 1.29 is 9.59 Å². The average molecular weight is 307 g/mol. The van der Waals surface area contributed by atoms with E-state index in [1.54, 1.807) is 6.92 Å². The number of carbonyl (C=O) groups is 2. The van der Waals surface area contributed by atoms with Crippen molar-refractivity contribution in [3.05, 3.63) is 30.2 Å². The third-order valence-corrected chi connectivity index (χ3v) is 2.87. The zero-order valence-corrected chi connectivity index (χ0v) is 13.4. The third kappa shape index (κ3) is 7.37. The van der Waals surface area contributed by atoms with Crippen molar-refractivity contribution in [3.63, 3.8) is 0 Å². The lowest BCUT2D eigenvalue weighted by Crippen LogP contribution is -2.32. The number of hydrogen-bond donors (Lipinski definition) is 3. The minimum Gasteiger partial charge on any atom is -0.383 e. The maximum atomic E-state index is 10.8. The molecule has 1 aromatic heterocycles. The van der Waals surface area contributed by atoms with Crippen molar-refractivity contribution in [1.82, 2.24) is 15.3 Å². The Balaban J connectivity index is 0.000000401. The van der Waals surface area contributed by atoms with Gasteiger partial charge in [-0.1, -0.05) is 26.8 Å². The van der Waals surface area contributed by atoms with Gasteiger partial charge in [-0.25, -0.2) is 9.97 Å². The monoisotopic (exact) mass is 307 g/mol. The molecule has 0 bridgehead atoms. The molecule has 0 aliphatic heterocycles. The normalized spacial score (nSPS) is 10.9. The van der Waals surface area contributed by atoms with Crippen LogP contribution in [0.1, 0.15) is 49.3 Å². The summed E-state index contributed by atoms with van der Waals surface area (Å²) >= 11 is 0. The van der Waals surface area contributed by atoms with Crippen LogP contribution in [0.3, 0.4) is 0 Å². The molecule has 1 heterocycles. The predicted octanol–water partition coefficient (Wildman–Crippen LogP) is 1.33. The Labute approximate surface area is 131 Å². The molecule has 1 rings (SSSR count). The number of nitrogens with two attached hydrogens (primary N) is 2.